The van der Waals surface area contributed by atoms with Gasteiger partial charge in [0, 0.05) is 12.1 Å². The Morgan fingerprint density at radius 3 is 2.24 bits per heavy atom. The lowest BCUT2D eigenvalue weighted by atomic mass is 9.99. The van der Waals surface area contributed by atoms with E-state index in [0.29, 0.717) is 23.6 Å². The first-order valence-corrected chi connectivity index (χ1v) is 12.2. The molecular weight excluding hydrogens is 432 g/mol. The first-order chi connectivity index (χ1) is 16.5. The van der Waals surface area contributed by atoms with Crippen molar-refractivity contribution >= 4 is 17.4 Å². The van der Waals surface area contributed by atoms with Crippen molar-refractivity contribution in [3.63, 3.8) is 0 Å². The van der Waals surface area contributed by atoms with Gasteiger partial charge in [-0.15, -0.1) is 0 Å². The summed E-state index contributed by atoms with van der Waals surface area (Å²) in [6.45, 7) is 7.70. The fourth-order valence-electron chi connectivity index (χ4n) is 4.32. The molecule has 1 N–H and O–H groups in total. The molecule has 1 amide bonds. The van der Waals surface area contributed by atoms with Gasteiger partial charge < -0.3 is 24.1 Å². The Balaban J connectivity index is 1.84. The minimum Gasteiger partial charge on any atom is -0.507 e. The maximum Gasteiger partial charge on any atom is 0.295 e. The SMILES string of the molecule is CCCCN(CCCC)CCCN1C(=O)C(=O)C(=C(O)c2ccc(OC)cc2)[C@H]1c1ccco1. The molecule has 7 heteroatoms. The van der Waals surface area contributed by atoms with E-state index in [1.54, 1.807) is 43.5 Å². The molecule has 1 fully saturated rings. The van der Waals surface area contributed by atoms with Crippen molar-refractivity contribution in [3.05, 3.63) is 59.6 Å². The number of furan rings is 1. The molecule has 0 spiro atoms. The molecule has 34 heavy (non-hydrogen) atoms. The smallest absolute Gasteiger partial charge is 0.295 e. The number of ether oxygens (including phenoxy) is 1. The molecule has 7 nitrogen and oxygen atoms in total. The molecular formula is C27H36N2O5. The predicted octanol–water partition coefficient (Wildman–Crippen LogP) is 5.00. The molecule has 2 aromatic rings. The topological polar surface area (TPSA) is 83.2 Å². The van der Waals surface area contributed by atoms with Crippen LogP contribution in [-0.4, -0.2) is 59.9 Å². The van der Waals surface area contributed by atoms with Crippen molar-refractivity contribution in [3.8, 4) is 5.75 Å². The lowest BCUT2D eigenvalue weighted by Crippen LogP contribution is -2.34. The highest BCUT2D eigenvalue weighted by molar-refractivity contribution is 6.46. The third-order valence-corrected chi connectivity index (χ3v) is 6.25. The van der Waals surface area contributed by atoms with Crippen molar-refractivity contribution in [2.45, 2.75) is 52.0 Å². The standard InChI is InChI=1S/C27H36N2O5/c1-4-6-15-28(16-7-5-2)17-9-18-29-24(22-10-8-19-34-22)23(26(31)27(29)32)25(30)20-11-13-21(33-3)14-12-20/h8,10-14,19,24,30H,4-7,9,15-18H2,1-3H3/t24-/m1/s1. The summed E-state index contributed by atoms with van der Waals surface area (Å²) in [7, 11) is 1.56. The maximum atomic E-state index is 13.1. The van der Waals surface area contributed by atoms with Crippen LogP contribution in [0.5, 0.6) is 5.75 Å². The third kappa shape index (κ3) is 5.89. The number of Topliss-reactive ketones (excluding diaryl/α,β-unsaturated/α-hetero) is 1. The molecule has 3 rings (SSSR count). The van der Waals surface area contributed by atoms with Crippen molar-refractivity contribution < 1.29 is 23.8 Å². The molecule has 1 aliphatic rings. The van der Waals surface area contributed by atoms with E-state index < -0.39 is 17.7 Å². The van der Waals surface area contributed by atoms with Gasteiger partial charge in [0.05, 0.1) is 18.9 Å². The van der Waals surface area contributed by atoms with E-state index >= 15 is 0 Å². The van der Waals surface area contributed by atoms with E-state index in [1.807, 2.05) is 0 Å². The van der Waals surface area contributed by atoms with E-state index in [-0.39, 0.29) is 11.3 Å². The van der Waals surface area contributed by atoms with Gasteiger partial charge in [0.25, 0.3) is 11.7 Å². The highest BCUT2D eigenvalue weighted by Crippen LogP contribution is 2.39. The second-order valence-corrected chi connectivity index (χ2v) is 8.64. The number of unbranched alkanes of at least 4 members (excludes halogenated alkanes) is 2. The Morgan fingerprint density at radius 1 is 1.03 bits per heavy atom. The van der Waals surface area contributed by atoms with Gasteiger partial charge in [-0.3, -0.25) is 9.59 Å². The molecule has 1 aliphatic heterocycles. The number of carbonyl (C=O) groups is 2. The largest absolute Gasteiger partial charge is 0.507 e. The first kappa shape index (κ1) is 25.6. The number of likely N-dealkylation sites (tertiary alicyclic amines) is 1. The maximum absolute atomic E-state index is 13.1. The van der Waals surface area contributed by atoms with Crippen LogP contribution in [0.3, 0.4) is 0 Å². The normalized spacial score (nSPS) is 17.6. The molecule has 0 saturated carbocycles. The van der Waals surface area contributed by atoms with Crippen LogP contribution in [-0.2, 0) is 9.59 Å². The molecule has 1 saturated heterocycles. The van der Waals surface area contributed by atoms with E-state index in [4.69, 9.17) is 9.15 Å². The summed E-state index contributed by atoms with van der Waals surface area (Å²) in [5, 5.41) is 11.1. The number of amides is 1. The lowest BCUT2D eigenvalue weighted by molar-refractivity contribution is -0.140. The molecule has 1 atom stereocenters. The zero-order valence-corrected chi connectivity index (χ0v) is 20.5. The van der Waals surface area contributed by atoms with Crippen molar-refractivity contribution in [1.29, 1.82) is 0 Å². The van der Waals surface area contributed by atoms with E-state index in [0.717, 1.165) is 51.7 Å². The number of hydrogen-bond acceptors (Lipinski definition) is 6. The first-order valence-electron chi connectivity index (χ1n) is 12.2. The Kier molecular flexibility index (Phi) is 9.33. The molecule has 1 aromatic carbocycles. The van der Waals surface area contributed by atoms with Gasteiger partial charge in [-0.05, 0) is 75.3 Å². The van der Waals surface area contributed by atoms with Gasteiger partial charge in [-0.2, -0.15) is 0 Å². The molecule has 0 unspecified atom stereocenters. The highest BCUT2D eigenvalue weighted by atomic mass is 16.5. The van der Waals surface area contributed by atoms with E-state index in [9.17, 15) is 14.7 Å². The van der Waals surface area contributed by atoms with Gasteiger partial charge in [-0.25, -0.2) is 0 Å². The predicted molar refractivity (Wildman–Crippen MR) is 132 cm³/mol. The number of aliphatic hydroxyl groups excluding tert-OH is 1. The van der Waals surface area contributed by atoms with Crippen molar-refractivity contribution in [2.75, 3.05) is 33.3 Å². The summed E-state index contributed by atoms with van der Waals surface area (Å²) in [4.78, 5) is 30.1. The van der Waals surface area contributed by atoms with Crippen LogP contribution in [0.2, 0.25) is 0 Å². The summed E-state index contributed by atoms with van der Waals surface area (Å²) in [5.74, 6) is -0.413. The zero-order valence-electron chi connectivity index (χ0n) is 20.5. The number of carbonyl (C=O) groups excluding carboxylic acids is 2. The van der Waals surface area contributed by atoms with E-state index in [2.05, 4.69) is 18.7 Å². The summed E-state index contributed by atoms with van der Waals surface area (Å²) in [6, 6.07) is 9.44. The number of benzene rings is 1. The second kappa shape index (κ2) is 12.4. The van der Waals surface area contributed by atoms with Gasteiger partial charge in [0.15, 0.2) is 0 Å². The van der Waals surface area contributed by atoms with Crippen LogP contribution >= 0.6 is 0 Å². The molecule has 0 radical (unpaired) electrons. The van der Waals surface area contributed by atoms with Crippen LogP contribution in [0.25, 0.3) is 5.76 Å². The Bertz CT molecular complexity index is 957. The van der Waals surface area contributed by atoms with Crippen molar-refractivity contribution in [1.82, 2.24) is 9.80 Å². The minimum atomic E-state index is -0.753. The van der Waals surface area contributed by atoms with Gasteiger partial charge in [0.1, 0.15) is 23.3 Å². The molecule has 1 aromatic heterocycles. The lowest BCUT2D eigenvalue weighted by Gasteiger charge is -2.26. The van der Waals surface area contributed by atoms with Crippen LogP contribution in [0.4, 0.5) is 0 Å². The van der Waals surface area contributed by atoms with E-state index in [1.165, 1.54) is 11.2 Å². The molecule has 2 heterocycles. The Hall–Kier alpha value is -3.06. The average molecular weight is 469 g/mol. The Labute approximate surface area is 202 Å². The molecule has 184 valence electrons. The number of nitrogens with zero attached hydrogens (tertiary/aromatic N) is 2. The number of aliphatic hydroxyl groups is 1. The summed E-state index contributed by atoms with van der Waals surface area (Å²) < 4.78 is 10.8. The fraction of sp³-hybridized carbons (Fsp3) is 0.481. The highest BCUT2D eigenvalue weighted by Gasteiger charge is 2.47. The Morgan fingerprint density at radius 2 is 1.68 bits per heavy atom. The van der Waals surface area contributed by atoms with Crippen LogP contribution in [0.15, 0.2) is 52.7 Å². The number of rotatable bonds is 13. The summed E-state index contributed by atoms with van der Waals surface area (Å²) >= 11 is 0. The summed E-state index contributed by atoms with van der Waals surface area (Å²) in [6.07, 6.45) is 6.81. The minimum absolute atomic E-state index is 0.0546. The van der Waals surface area contributed by atoms with Crippen LogP contribution in [0.1, 0.15) is 63.3 Å². The third-order valence-electron chi connectivity index (χ3n) is 6.25. The molecule has 0 bridgehead atoms. The number of methoxy groups -OCH3 is 1. The fourth-order valence-corrected chi connectivity index (χ4v) is 4.32. The van der Waals surface area contributed by atoms with Gasteiger partial charge in [0.2, 0.25) is 0 Å². The quantitative estimate of drug-likeness (QED) is 0.253. The van der Waals surface area contributed by atoms with Crippen molar-refractivity contribution in [2.24, 2.45) is 0 Å². The van der Waals surface area contributed by atoms with Crippen LogP contribution in [0, 0.1) is 0 Å². The van der Waals surface area contributed by atoms with Gasteiger partial charge >= 0.3 is 0 Å². The number of hydrogen-bond donors (Lipinski definition) is 1. The average Bonchev–Trinajstić information content (AvgIpc) is 3.47. The molecule has 0 aliphatic carbocycles. The summed E-state index contributed by atoms with van der Waals surface area (Å²) in [5.41, 5.74) is 0.500. The monoisotopic (exact) mass is 468 g/mol. The zero-order chi connectivity index (χ0) is 24.5. The van der Waals surface area contributed by atoms with Gasteiger partial charge in [-0.1, -0.05) is 26.7 Å². The second-order valence-electron chi connectivity index (χ2n) is 8.64. The number of ketones is 1. The van der Waals surface area contributed by atoms with Crippen LogP contribution < -0.4 is 4.74 Å².